The van der Waals surface area contributed by atoms with E-state index in [1.807, 2.05) is 55.7 Å². The summed E-state index contributed by atoms with van der Waals surface area (Å²) >= 11 is 0. The van der Waals surface area contributed by atoms with E-state index in [2.05, 4.69) is 0 Å². The fourth-order valence-electron chi connectivity index (χ4n) is 0.998. The number of nitrogens with zero attached hydrogens (tertiary/aromatic N) is 2. The van der Waals surface area contributed by atoms with Crippen molar-refractivity contribution in [2.24, 2.45) is 12.5 Å². The molecule has 14 heavy (non-hydrogen) atoms. The molecule has 0 atom stereocenters. The highest BCUT2D eigenvalue weighted by molar-refractivity contribution is 5.83. The molecule has 4 heteroatoms. The van der Waals surface area contributed by atoms with Crippen LogP contribution >= 0.6 is 0 Å². The third-order valence-electron chi connectivity index (χ3n) is 1.99. The summed E-state index contributed by atoms with van der Waals surface area (Å²) < 4.78 is 3.82. The van der Waals surface area contributed by atoms with Crippen LogP contribution in [0.4, 0.5) is 0 Å². The van der Waals surface area contributed by atoms with E-state index in [-0.39, 0.29) is 28.2 Å². The Morgan fingerprint density at radius 3 is 2.36 bits per heavy atom. The molecule has 3 nitrogen and oxygen atoms in total. The molecule has 1 heterocycles. The summed E-state index contributed by atoms with van der Waals surface area (Å²) in [5.41, 5.74) is -0.247. The van der Waals surface area contributed by atoms with Crippen LogP contribution < -0.4 is 21.5 Å². The maximum atomic E-state index is 11.6. The van der Waals surface area contributed by atoms with Gasteiger partial charge in [0.1, 0.15) is 18.9 Å². The quantitative estimate of drug-likeness (QED) is 0.562. The molecule has 0 bridgehead atoms. The van der Waals surface area contributed by atoms with Crippen molar-refractivity contribution in [3.05, 3.63) is 18.7 Å². The van der Waals surface area contributed by atoms with Gasteiger partial charge in [-0.05, 0) is 0 Å². The maximum absolute atomic E-state index is 11.6. The zero-order valence-electron chi connectivity index (χ0n) is 9.12. The molecule has 0 fully saturated rings. The minimum absolute atomic E-state index is 0. The smallest absolute Gasteiger partial charge is 0.243 e. The first-order valence-electron chi connectivity index (χ1n) is 4.44. The Bertz CT molecular complexity index is 312. The lowest BCUT2D eigenvalue weighted by molar-refractivity contribution is -0.671. The number of ketones is 1. The summed E-state index contributed by atoms with van der Waals surface area (Å²) in [4.78, 5) is 11.6. The van der Waals surface area contributed by atoms with Crippen LogP contribution in [-0.2, 0) is 18.4 Å². The molecule has 0 saturated carbocycles. The second-order valence-electron chi connectivity index (χ2n) is 4.42. The Morgan fingerprint density at radius 1 is 1.43 bits per heavy atom. The summed E-state index contributed by atoms with van der Waals surface area (Å²) in [7, 11) is 1.94. The van der Waals surface area contributed by atoms with Gasteiger partial charge in [-0.2, -0.15) is 0 Å². The number of imidazole rings is 1. The molecule has 1 aromatic rings. The minimum Gasteiger partial charge on any atom is -1.00 e. The Morgan fingerprint density at radius 2 is 2.00 bits per heavy atom. The van der Waals surface area contributed by atoms with E-state index in [4.69, 9.17) is 0 Å². The van der Waals surface area contributed by atoms with Crippen molar-refractivity contribution >= 4 is 5.78 Å². The Labute approximate surface area is 95.5 Å². The molecule has 0 aliphatic rings. The summed E-state index contributed by atoms with van der Waals surface area (Å²) in [5, 5.41) is 0. The molecule has 0 amide bonds. The second-order valence-corrected chi connectivity index (χ2v) is 4.42. The maximum Gasteiger partial charge on any atom is 0.243 e. The lowest BCUT2D eigenvalue weighted by atomic mass is 9.91. The fraction of sp³-hybridized carbons (Fsp3) is 0.600. The third kappa shape index (κ3) is 3.62. The van der Waals surface area contributed by atoms with Crippen LogP contribution in [0.25, 0.3) is 0 Å². The van der Waals surface area contributed by atoms with E-state index < -0.39 is 0 Å². The van der Waals surface area contributed by atoms with E-state index in [0.717, 1.165) is 0 Å². The van der Waals surface area contributed by atoms with Crippen molar-refractivity contribution in [1.82, 2.24) is 4.57 Å². The van der Waals surface area contributed by atoms with Crippen molar-refractivity contribution in [3.8, 4) is 0 Å². The Kier molecular flexibility index (Phi) is 4.52. The van der Waals surface area contributed by atoms with Gasteiger partial charge in [0.2, 0.25) is 6.33 Å². The molecule has 0 aromatic carbocycles. The second kappa shape index (κ2) is 4.73. The molecule has 0 radical (unpaired) electrons. The van der Waals surface area contributed by atoms with Crippen molar-refractivity contribution in [2.45, 2.75) is 27.3 Å². The molecule has 0 N–H and O–H groups in total. The average Bonchev–Trinajstić information content (AvgIpc) is 2.33. The normalized spacial score (nSPS) is 10.9. The standard InChI is InChI=1S/C10H17N2O.BrH/c1-10(2,3)9(13)7-12-6-5-11(4)8-12;/h5-6,8H,7H2,1-4H3;1H/q+1;/p-1. The number of carbonyl (C=O) groups is 1. The summed E-state index contributed by atoms with van der Waals surface area (Å²) in [6, 6.07) is 0. The van der Waals surface area contributed by atoms with E-state index in [1.165, 1.54) is 0 Å². The van der Waals surface area contributed by atoms with Crippen LogP contribution in [-0.4, -0.2) is 10.4 Å². The first-order chi connectivity index (χ1) is 5.89. The number of aromatic nitrogens is 2. The molecular weight excluding hydrogens is 244 g/mol. The Hall–Kier alpha value is -0.640. The predicted molar refractivity (Wildman–Crippen MR) is 50.1 cm³/mol. The molecule has 0 aliphatic carbocycles. The molecular formula is C10H17BrN2O. The largest absolute Gasteiger partial charge is 1.00 e. The van der Waals surface area contributed by atoms with Crippen LogP contribution in [0.2, 0.25) is 0 Å². The molecule has 0 unspecified atom stereocenters. The van der Waals surface area contributed by atoms with E-state index >= 15 is 0 Å². The van der Waals surface area contributed by atoms with Crippen LogP contribution in [0, 0.1) is 5.41 Å². The van der Waals surface area contributed by atoms with Gasteiger partial charge in [0.05, 0.1) is 7.05 Å². The van der Waals surface area contributed by atoms with Gasteiger partial charge >= 0.3 is 0 Å². The lowest BCUT2D eigenvalue weighted by Gasteiger charge is -2.14. The number of rotatable bonds is 2. The van der Waals surface area contributed by atoms with Crippen LogP contribution in [0.1, 0.15) is 20.8 Å². The summed E-state index contributed by atoms with van der Waals surface area (Å²) in [5.74, 6) is 0.253. The topological polar surface area (TPSA) is 25.9 Å². The highest BCUT2D eigenvalue weighted by atomic mass is 79.9. The molecule has 0 saturated heterocycles. The zero-order chi connectivity index (χ0) is 10.1. The lowest BCUT2D eigenvalue weighted by Crippen LogP contribution is -3.00. The van der Waals surface area contributed by atoms with Gasteiger partial charge in [-0.3, -0.25) is 4.79 Å². The molecule has 1 rings (SSSR count). The molecule has 80 valence electrons. The van der Waals surface area contributed by atoms with Crippen molar-refractivity contribution in [1.29, 1.82) is 0 Å². The monoisotopic (exact) mass is 260 g/mol. The van der Waals surface area contributed by atoms with Gasteiger partial charge in [-0.15, -0.1) is 0 Å². The third-order valence-corrected chi connectivity index (χ3v) is 1.99. The average molecular weight is 261 g/mol. The highest BCUT2D eigenvalue weighted by Crippen LogP contribution is 2.15. The van der Waals surface area contributed by atoms with Gasteiger partial charge in [-0.1, -0.05) is 20.8 Å². The Balaban J connectivity index is 0.00000169. The van der Waals surface area contributed by atoms with Crippen LogP contribution in [0.5, 0.6) is 0 Å². The van der Waals surface area contributed by atoms with Crippen LogP contribution in [0.15, 0.2) is 18.7 Å². The van der Waals surface area contributed by atoms with E-state index in [9.17, 15) is 4.79 Å². The number of aryl methyl sites for hydroxylation is 1. The van der Waals surface area contributed by atoms with Crippen molar-refractivity contribution < 1.29 is 26.3 Å². The van der Waals surface area contributed by atoms with Crippen molar-refractivity contribution in [2.75, 3.05) is 0 Å². The molecule has 0 spiro atoms. The first-order valence-corrected chi connectivity index (χ1v) is 4.44. The molecule has 0 aliphatic heterocycles. The number of carbonyl (C=O) groups excluding carboxylic acids is 1. The first kappa shape index (κ1) is 13.4. The van der Waals surface area contributed by atoms with Gasteiger partial charge in [0.15, 0.2) is 5.78 Å². The highest BCUT2D eigenvalue weighted by Gasteiger charge is 2.23. The predicted octanol–water partition coefficient (Wildman–Crippen LogP) is -2.07. The number of hydrogen-bond acceptors (Lipinski definition) is 1. The fourth-order valence-corrected chi connectivity index (χ4v) is 0.998. The number of Topliss-reactive ketones (excluding diaryl/α,β-unsaturated/α-hetero) is 1. The number of hydrogen-bond donors (Lipinski definition) is 0. The van der Waals surface area contributed by atoms with Crippen LogP contribution in [0.3, 0.4) is 0 Å². The summed E-state index contributed by atoms with van der Waals surface area (Å²) in [6.45, 7) is 6.29. The van der Waals surface area contributed by atoms with Gasteiger partial charge < -0.3 is 17.0 Å². The van der Waals surface area contributed by atoms with Crippen molar-refractivity contribution in [3.63, 3.8) is 0 Å². The molecule has 1 aromatic heterocycles. The number of halogens is 1. The van der Waals surface area contributed by atoms with Gasteiger partial charge in [0, 0.05) is 5.41 Å². The van der Waals surface area contributed by atoms with E-state index in [0.29, 0.717) is 6.54 Å². The van der Waals surface area contributed by atoms with Gasteiger partial charge in [-0.25, -0.2) is 9.13 Å². The zero-order valence-corrected chi connectivity index (χ0v) is 10.7. The SMILES string of the molecule is C[n+]1ccn(CC(=O)C(C)(C)C)c1.[Br-]. The summed E-state index contributed by atoms with van der Waals surface area (Å²) in [6.07, 6.45) is 5.74. The van der Waals surface area contributed by atoms with Gasteiger partial charge in [0.25, 0.3) is 0 Å². The van der Waals surface area contributed by atoms with E-state index in [1.54, 1.807) is 0 Å². The minimum atomic E-state index is -0.247.